The van der Waals surface area contributed by atoms with Crippen LogP contribution >= 0.6 is 0 Å². The molecular weight excluding hydrogens is 598 g/mol. The monoisotopic (exact) mass is 653 g/mol. The van der Waals surface area contributed by atoms with Crippen molar-refractivity contribution in [3.63, 3.8) is 0 Å². The summed E-state index contributed by atoms with van der Waals surface area (Å²) in [5.41, 5.74) is 9.69. The number of rotatable bonds is 27. The topological polar surface area (TPSA) is 268 Å². The van der Waals surface area contributed by atoms with Gasteiger partial charge in [-0.3, -0.25) is 19.2 Å². The van der Waals surface area contributed by atoms with Crippen molar-refractivity contribution in [1.29, 1.82) is 0 Å². The summed E-state index contributed by atoms with van der Waals surface area (Å²) in [5, 5.41) is 25.2. The first kappa shape index (κ1) is 46.0. The molecule has 17 nitrogen and oxygen atoms in total. The van der Waals surface area contributed by atoms with Gasteiger partial charge in [-0.1, -0.05) is 46.0 Å². The van der Waals surface area contributed by atoms with Gasteiger partial charge in [0.1, 0.15) is 25.3 Å². The summed E-state index contributed by atoms with van der Waals surface area (Å²) in [6.07, 6.45) is 5.97. The van der Waals surface area contributed by atoms with Gasteiger partial charge in [0.15, 0.2) is 0 Å². The lowest BCUT2D eigenvalue weighted by Gasteiger charge is -2.14. The number of amides is 4. The van der Waals surface area contributed by atoms with Crippen LogP contribution < -0.4 is 27.4 Å². The predicted octanol–water partition coefficient (Wildman–Crippen LogP) is -0.855. The number of carboxylic acids is 2. The number of carbonyl (C=O) groups excluding carboxylic acids is 4. The molecule has 0 saturated carbocycles. The average molecular weight is 654 g/mol. The van der Waals surface area contributed by atoms with Gasteiger partial charge >= 0.3 is 11.9 Å². The zero-order valence-electron chi connectivity index (χ0n) is 26.9. The number of carboxylic acid groups (broad SMARTS) is 2. The molecule has 0 aromatic carbocycles. The summed E-state index contributed by atoms with van der Waals surface area (Å²) in [4.78, 5) is 64.1. The van der Waals surface area contributed by atoms with E-state index in [0.29, 0.717) is 65.2 Å². The van der Waals surface area contributed by atoms with Gasteiger partial charge in [-0.2, -0.15) is 0 Å². The van der Waals surface area contributed by atoms with Crippen molar-refractivity contribution in [2.45, 2.75) is 77.8 Å². The average Bonchev–Trinajstić information content (AvgIpc) is 2.97. The van der Waals surface area contributed by atoms with Crippen molar-refractivity contribution in [2.75, 3.05) is 65.9 Å². The number of nitrogens with one attached hydrogen (secondary N) is 3. The molecule has 0 spiro atoms. The lowest BCUT2D eigenvalue weighted by molar-refractivity contribution is -0.143. The molecule has 0 aliphatic rings. The Morgan fingerprint density at radius 3 is 1.60 bits per heavy atom. The van der Waals surface area contributed by atoms with Crippen LogP contribution in [-0.4, -0.2) is 124 Å². The number of aliphatic carboxylic acids is 2. The number of unbranched alkanes of at least 4 members (excludes halogenated alkanes) is 3. The van der Waals surface area contributed by atoms with E-state index in [2.05, 4.69) is 28.6 Å². The van der Waals surface area contributed by atoms with E-state index < -0.39 is 35.8 Å². The second-order valence-electron chi connectivity index (χ2n) is 9.36. The van der Waals surface area contributed by atoms with Crippen molar-refractivity contribution in [3.8, 4) is 0 Å². The fourth-order valence-electron chi connectivity index (χ4n) is 3.09. The molecular formula is C28H55N5O12. The van der Waals surface area contributed by atoms with E-state index in [0.717, 1.165) is 25.7 Å². The zero-order chi connectivity index (χ0) is 34.7. The van der Waals surface area contributed by atoms with Gasteiger partial charge in [0, 0.05) is 20.0 Å². The summed E-state index contributed by atoms with van der Waals surface area (Å²) in [6, 6.07) is -1.71. The number of carbonyl (C=O) groups is 6. The molecule has 17 heteroatoms. The first-order valence-electron chi connectivity index (χ1n) is 14.9. The SMILES string of the molecule is CC(N)=O.CCCC(NC(=O)COCCOCCN)C(=O)O.CCCCCCC(NC(=O)COCCOCCNC=O)C(=O)O. The maximum absolute atomic E-state index is 11.6. The first-order chi connectivity index (χ1) is 21.5. The number of hydrogen-bond acceptors (Lipinski definition) is 11. The molecule has 2 atom stereocenters. The van der Waals surface area contributed by atoms with Crippen LogP contribution in [0.2, 0.25) is 0 Å². The van der Waals surface area contributed by atoms with E-state index in [9.17, 15) is 28.8 Å². The molecule has 0 aromatic rings. The van der Waals surface area contributed by atoms with Gasteiger partial charge in [-0.05, 0) is 12.8 Å². The fraction of sp³-hybridized carbons (Fsp3) is 0.786. The second kappa shape index (κ2) is 35.1. The van der Waals surface area contributed by atoms with Gasteiger partial charge in [0.2, 0.25) is 24.1 Å². The van der Waals surface area contributed by atoms with E-state index in [1.54, 1.807) is 0 Å². The molecule has 0 aliphatic heterocycles. The van der Waals surface area contributed by atoms with E-state index >= 15 is 0 Å². The van der Waals surface area contributed by atoms with Crippen LogP contribution in [0.15, 0.2) is 0 Å². The lowest BCUT2D eigenvalue weighted by Crippen LogP contribution is -2.42. The summed E-state index contributed by atoms with van der Waals surface area (Å²) in [7, 11) is 0. The van der Waals surface area contributed by atoms with Crippen molar-refractivity contribution in [3.05, 3.63) is 0 Å². The van der Waals surface area contributed by atoms with Crippen molar-refractivity contribution < 1.29 is 57.9 Å². The normalized spacial score (nSPS) is 11.4. The Morgan fingerprint density at radius 1 is 0.711 bits per heavy atom. The maximum atomic E-state index is 11.6. The molecule has 264 valence electrons. The molecule has 45 heavy (non-hydrogen) atoms. The Hall–Kier alpha value is -3.38. The van der Waals surface area contributed by atoms with Crippen LogP contribution in [0, 0.1) is 0 Å². The molecule has 9 N–H and O–H groups in total. The molecule has 0 bridgehead atoms. The number of hydrogen-bond donors (Lipinski definition) is 7. The Balaban J connectivity index is -0.000000715. The largest absolute Gasteiger partial charge is 0.480 e. The maximum Gasteiger partial charge on any atom is 0.326 e. The van der Waals surface area contributed by atoms with Crippen LogP contribution in [0.1, 0.15) is 65.7 Å². The molecule has 0 heterocycles. The highest BCUT2D eigenvalue weighted by Crippen LogP contribution is 2.06. The van der Waals surface area contributed by atoms with E-state index in [-0.39, 0.29) is 32.3 Å². The summed E-state index contributed by atoms with van der Waals surface area (Å²) < 4.78 is 20.3. The van der Waals surface area contributed by atoms with Crippen LogP contribution in [0.5, 0.6) is 0 Å². The fourth-order valence-corrected chi connectivity index (χ4v) is 3.09. The minimum atomic E-state index is -1.03. The number of nitrogens with two attached hydrogens (primary N) is 2. The molecule has 2 unspecified atom stereocenters. The van der Waals surface area contributed by atoms with E-state index in [1.165, 1.54) is 6.92 Å². The minimum absolute atomic E-state index is 0.167. The quantitative estimate of drug-likeness (QED) is 0.0421. The van der Waals surface area contributed by atoms with Gasteiger partial charge in [0.05, 0.1) is 39.6 Å². The van der Waals surface area contributed by atoms with Crippen molar-refractivity contribution >= 4 is 36.1 Å². The third-order valence-electron chi connectivity index (χ3n) is 5.14. The molecule has 0 rings (SSSR count). The van der Waals surface area contributed by atoms with Gasteiger partial charge in [0.25, 0.3) is 0 Å². The third kappa shape index (κ3) is 38.6. The zero-order valence-corrected chi connectivity index (χ0v) is 26.9. The Labute approximate surface area is 265 Å². The van der Waals surface area contributed by atoms with Crippen molar-refractivity contribution in [1.82, 2.24) is 16.0 Å². The Morgan fingerprint density at radius 2 is 1.18 bits per heavy atom. The Bertz CT molecular complexity index is 785. The smallest absolute Gasteiger partial charge is 0.326 e. The molecule has 0 aromatic heterocycles. The summed E-state index contributed by atoms with van der Waals surface area (Å²) in [6.45, 7) is 7.72. The predicted molar refractivity (Wildman–Crippen MR) is 164 cm³/mol. The van der Waals surface area contributed by atoms with Crippen LogP contribution in [-0.2, 0) is 47.7 Å². The summed E-state index contributed by atoms with van der Waals surface area (Å²) in [5.74, 6) is -3.28. The van der Waals surface area contributed by atoms with E-state index in [1.807, 2.05) is 6.92 Å². The van der Waals surface area contributed by atoms with Crippen LogP contribution in [0.4, 0.5) is 0 Å². The van der Waals surface area contributed by atoms with Gasteiger partial charge in [-0.15, -0.1) is 0 Å². The van der Waals surface area contributed by atoms with Crippen LogP contribution in [0.25, 0.3) is 0 Å². The first-order valence-corrected chi connectivity index (χ1v) is 14.9. The highest BCUT2D eigenvalue weighted by Gasteiger charge is 2.19. The third-order valence-corrected chi connectivity index (χ3v) is 5.14. The Kier molecular flexibility index (Phi) is 35.9. The van der Waals surface area contributed by atoms with Crippen LogP contribution in [0.3, 0.4) is 0 Å². The van der Waals surface area contributed by atoms with Gasteiger partial charge in [-0.25, -0.2) is 9.59 Å². The second-order valence-corrected chi connectivity index (χ2v) is 9.36. The highest BCUT2D eigenvalue weighted by atomic mass is 16.5. The highest BCUT2D eigenvalue weighted by molar-refractivity contribution is 5.84. The standard InChI is InChI=1S/C15H28N2O6.C11H22N2O5.C2H5NO/c1-2-3-4-5-6-13(15(20)21)17-14(19)11-23-10-9-22-8-7-16-12-18;1-2-3-9(11(15)16)13-10(14)8-18-7-6-17-5-4-12;1-2(3)4/h12-13H,2-11H2,1H3,(H,16,18)(H,17,19)(H,20,21);9H,2-8,12H2,1H3,(H,13,14)(H,15,16);1H3,(H2,3,4). The molecule has 0 aliphatic carbocycles. The molecule has 0 fully saturated rings. The van der Waals surface area contributed by atoms with E-state index in [4.69, 9.17) is 34.9 Å². The molecule has 0 radical (unpaired) electrons. The van der Waals surface area contributed by atoms with Crippen molar-refractivity contribution in [2.24, 2.45) is 11.5 Å². The minimum Gasteiger partial charge on any atom is -0.480 e. The molecule has 0 saturated heterocycles. The number of ether oxygens (including phenoxy) is 4. The van der Waals surface area contributed by atoms with Gasteiger partial charge < -0.3 is 56.6 Å². The molecule has 4 amide bonds. The lowest BCUT2D eigenvalue weighted by atomic mass is 10.1. The number of primary amides is 1. The summed E-state index contributed by atoms with van der Waals surface area (Å²) >= 11 is 0.